The fourth-order valence-corrected chi connectivity index (χ4v) is 7.74. The van der Waals surface area contributed by atoms with Crippen LogP contribution >= 0.6 is 0 Å². The van der Waals surface area contributed by atoms with Gasteiger partial charge in [0, 0.05) is 17.3 Å². The zero-order valence-corrected chi connectivity index (χ0v) is 27.8. The Morgan fingerprint density at radius 1 is 0.583 bits per heavy atom. The summed E-state index contributed by atoms with van der Waals surface area (Å²) in [5, 5.41) is 11.2. The highest BCUT2D eigenvalue weighted by Crippen LogP contribution is 2.54. The molecule has 0 unspecified atom stereocenters. The summed E-state index contributed by atoms with van der Waals surface area (Å²) >= 11 is 0. The number of benzene rings is 7. The van der Waals surface area contributed by atoms with Crippen molar-refractivity contribution >= 4 is 38.0 Å². The normalized spacial score (nSPS) is 13.5. The van der Waals surface area contributed by atoms with Crippen LogP contribution in [0, 0.1) is 0 Å². The molecule has 0 heterocycles. The van der Waals surface area contributed by atoms with Gasteiger partial charge in [-0.25, -0.2) is 0 Å². The van der Waals surface area contributed by atoms with E-state index in [4.69, 9.17) is 0 Å². The Balaban J connectivity index is 1.45. The molecule has 0 saturated heterocycles. The van der Waals surface area contributed by atoms with Crippen LogP contribution in [0.4, 0.5) is 5.69 Å². The fraction of sp³-hybridized carbons (Fsp3) is 0.106. The van der Waals surface area contributed by atoms with E-state index in [0.717, 1.165) is 17.7 Å². The maximum Gasteiger partial charge on any atom is 0.0386 e. The molecule has 1 aliphatic carbocycles. The molecule has 0 radical (unpaired) electrons. The monoisotopic (exact) mass is 617 g/mol. The van der Waals surface area contributed by atoms with Crippen molar-refractivity contribution in [1.82, 2.24) is 0 Å². The first-order valence-corrected chi connectivity index (χ1v) is 16.9. The third-order valence-corrected chi connectivity index (χ3v) is 10.2. The second-order valence-corrected chi connectivity index (χ2v) is 13.4. The standard InChI is InChI=1S/C47H39N/c1-5-31(2)17-15-16-28-48-33-26-27-38-40(29-33)45(37-23-12-11-22-36(37)44(38)32-18-7-6-8-19-32)41-30-43-46(35-21-10-9-20-34(35)41)39-24-13-14-25-42(39)47(43,3)4/h6-30,48H,2,5H2,1,3-4H3/b17-15-,28-16-. The third kappa shape index (κ3) is 4.78. The minimum absolute atomic E-state index is 0.117. The topological polar surface area (TPSA) is 12.0 Å². The lowest BCUT2D eigenvalue weighted by Crippen LogP contribution is -2.15. The lowest BCUT2D eigenvalue weighted by molar-refractivity contribution is 0.661. The van der Waals surface area contributed by atoms with Crippen molar-refractivity contribution in [3.8, 4) is 33.4 Å². The Hall–Kier alpha value is -5.66. The zero-order chi connectivity index (χ0) is 32.8. The summed E-state index contributed by atoms with van der Waals surface area (Å²) in [5.74, 6) is 0. The first kappa shape index (κ1) is 29.7. The lowest BCUT2D eigenvalue weighted by atomic mass is 9.79. The molecule has 1 heteroatoms. The Labute approximate surface area is 283 Å². The predicted molar refractivity (Wildman–Crippen MR) is 209 cm³/mol. The maximum absolute atomic E-state index is 4.08. The SMILES string of the molecule is C=C(/C=C\C=C/Nc1ccc2c(-c3ccccc3)c3ccccc3c(-c3cc4c(c5ccccc35)-c3ccccc3C4(C)C)c2c1)CC. The van der Waals surface area contributed by atoms with Crippen molar-refractivity contribution in [2.75, 3.05) is 5.32 Å². The van der Waals surface area contributed by atoms with E-state index in [1.165, 1.54) is 76.8 Å². The van der Waals surface area contributed by atoms with Crippen LogP contribution in [0.25, 0.3) is 65.7 Å². The first-order valence-electron chi connectivity index (χ1n) is 16.9. The van der Waals surface area contributed by atoms with Crippen molar-refractivity contribution in [2.24, 2.45) is 0 Å². The maximum atomic E-state index is 4.08. The van der Waals surface area contributed by atoms with Crippen LogP contribution in [0.1, 0.15) is 38.3 Å². The Morgan fingerprint density at radius 3 is 1.96 bits per heavy atom. The van der Waals surface area contributed by atoms with Crippen molar-refractivity contribution < 1.29 is 0 Å². The van der Waals surface area contributed by atoms with E-state index in [1.54, 1.807) is 0 Å². The molecule has 7 aromatic rings. The molecule has 0 spiro atoms. The second kappa shape index (κ2) is 11.9. The van der Waals surface area contributed by atoms with Crippen molar-refractivity contribution in [1.29, 1.82) is 0 Å². The van der Waals surface area contributed by atoms with Gasteiger partial charge in [0.2, 0.25) is 0 Å². The number of hydrogen-bond donors (Lipinski definition) is 1. The molecular formula is C47H39N. The van der Waals surface area contributed by atoms with Gasteiger partial charge in [0.15, 0.2) is 0 Å². The molecular weight excluding hydrogens is 579 g/mol. The number of fused-ring (bicyclic) bond motifs is 7. The highest BCUT2D eigenvalue weighted by Gasteiger charge is 2.37. The number of anilines is 1. The van der Waals surface area contributed by atoms with Crippen LogP contribution in [0.5, 0.6) is 0 Å². The van der Waals surface area contributed by atoms with Crippen molar-refractivity contribution in [2.45, 2.75) is 32.6 Å². The van der Waals surface area contributed by atoms with Gasteiger partial charge in [0.25, 0.3) is 0 Å². The van der Waals surface area contributed by atoms with Gasteiger partial charge in [0.1, 0.15) is 0 Å². The Morgan fingerprint density at radius 2 is 1.21 bits per heavy atom. The molecule has 1 aliphatic rings. The molecule has 0 saturated carbocycles. The summed E-state index contributed by atoms with van der Waals surface area (Å²) < 4.78 is 0. The van der Waals surface area contributed by atoms with Gasteiger partial charge >= 0.3 is 0 Å². The molecule has 0 aliphatic heterocycles. The van der Waals surface area contributed by atoms with Gasteiger partial charge in [-0.2, -0.15) is 0 Å². The van der Waals surface area contributed by atoms with E-state index < -0.39 is 0 Å². The van der Waals surface area contributed by atoms with E-state index in [0.29, 0.717) is 0 Å². The van der Waals surface area contributed by atoms with E-state index >= 15 is 0 Å². The van der Waals surface area contributed by atoms with Gasteiger partial charge in [-0.05, 0) is 108 Å². The van der Waals surface area contributed by atoms with Crippen molar-refractivity contribution in [3.05, 3.63) is 175 Å². The Kier molecular flexibility index (Phi) is 7.34. The molecule has 0 fully saturated rings. The predicted octanol–water partition coefficient (Wildman–Crippen LogP) is 13.2. The molecule has 7 aromatic carbocycles. The molecule has 0 amide bonds. The summed E-state index contributed by atoms with van der Waals surface area (Å²) in [6.07, 6.45) is 9.10. The third-order valence-electron chi connectivity index (χ3n) is 10.2. The summed E-state index contributed by atoms with van der Waals surface area (Å²) in [7, 11) is 0. The van der Waals surface area contributed by atoms with Crippen LogP contribution in [-0.2, 0) is 5.41 Å². The highest BCUT2D eigenvalue weighted by molar-refractivity contribution is 6.25. The zero-order valence-electron chi connectivity index (χ0n) is 27.8. The van der Waals surface area contributed by atoms with Crippen molar-refractivity contribution in [3.63, 3.8) is 0 Å². The molecule has 1 nitrogen and oxygen atoms in total. The summed E-state index contributed by atoms with van der Waals surface area (Å²) in [5.41, 5.74) is 12.6. The number of allylic oxidation sites excluding steroid dienone is 4. The van der Waals surface area contributed by atoms with E-state index in [-0.39, 0.29) is 5.41 Å². The quantitative estimate of drug-likeness (QED) is 0.139. The van der Waals surface area contributed by atoms with E-state index in [1.807, 2.05) is 18.4 Å². The van der Waals surface area contributed by atoms with Gasteiger partial charge in [-0.1, -0.05) is 154 Å². The largest absolute Gasteiger partial charge is 0.362 e. The molecule has 232 valence electrons. The molecule has 48 heavy (non-hydrogen) atoms. The van der Waals surface area contributed by atoms with Crippen LogP contribution in [0.2, 0.25) is 0 Å². The minimum Gasteiger partial charge on any atom is -0.362 e. The average molecular weight is 618 g/mol. The van der Waals surface area contributed by atoms with Gasteiger partial charge in [0.05, 0.1) is 0 Å². The number of rotatable bonds is 7. The number of nitrogens with one attached hydrogen (secondary N) is 1. The van der Waals surface area contributed by atoms with Gasteiger partial charge < -0.3 is 5.32 Å². The molecule has 0 aromatic heterocycles. The van der Waals surface area contributed by atoms with Crippen LogP contribution in [-0.4, -0.2) is 0 Å². The van der Waals surface area contributed by atoms with Crippen LogP contribution in [0.15, 0.2) is 164 Å². The van der Waals surface area contributed by atoms with Gasteiger partial charge in [-0.15, -0.1) is 0 Å². The molecule has 1 N–H and O–H groups in total. The summed E-state index contributed by atoms with van der Waals surface area (Å²) in [4.78, 5) is 0. The first-order chi connectivity index (χ1) is 23.5. The molecule has 8 rings (SSSR count). The fourth-order valence-electron chi connectivity index (χ4n) is 7.74. The second-order valence-electron chi connectivity index (χ2n) is 13.4. The number of hydrogen-bond acceptors (Lipinski definition) is 1. The van der Waals surface area contributed by atoms with E-state index in [9.17, 15) is 0 Å². The van der Waals surface area contributed by atoms with Gasteiger partial charge in [-0.3, -0.25) is 0 Å². The lowest BCUT2D eigenvalue weighted by Gasteiger charge is -2.24. The Bertz CT molecular complexity index is 2440. The minimum atomic E-state index is -0.117. The average Bonchev–Trinajstić information content (AvgIpc) is 3.36. The highest BCUT2D eigenvalue weighted by atomic mass is 14.8. The van der Waals surface area contributed by atoms with Crippen LogP contribution in [0.3, 0.4) is 0 Å². The smallest absolute Gasteiger partial charge is 0.0386 e. The summed E-state index contributed by atoms with van der Waals surface area (Å²) in [6.45, 7) is 11.0. The summed E-state index contributed by atoms with van der Waals surface area (Å²) in [6, 6.07) is 47.1. The van der Waals surface area contributed by atoms with Crippen LogP contribution < -0.4 is 5.32 Å². The van der Waals surface area contributed by atoms with E-state index in [2.05, 4.69) is 166 Å². The molecule has 0 atom stereocenters. The molecule has 0 bridgehead atoms.